The van der Waals surface area contributed by atoms with Crippen LogP contribution < -0.4 is 0 Å². The van der Waals surface area contributed by atoms with E-state index in [2.05, 4.69) is 6.58 Å². The van der Waals surface area contributed by atoms with Crippen LogP contribution in [0.3, 0.4) is 0 Å². The molecule has 0 aromatic heterocycles. The number of nitrogens with zero attached hydrogens (tertiary/aromatic N) is 2. The lowest BCUT2D eigenvalue weighted by atomic mass is 9.83. The molecule has 1 saturated carbocycles. The van der Waals surface area contributed by atoms with E-state index in [1.165, 1.54) is 4.90 Å². The summed E-state index contributed by atoms with van der Waals surface area (Å²) in [6.07, 6.45) is 2.91. The summed E-state index contributed by atoms with van der Waals surface area (Å²) in [5, 5.41) is 17.8. The number of aliphatic carboxylic acids is 2. The lowest BCUT2D eigenvalue weighted by Gasteiger charge is -2.34. The number of imide groups is 2. The Labute approximate surface area is 217 Å². The Bertz CT molecular complexity index is 835. The zero-order valence-electron chi connectivity index (χ0n) is 18.7. The van der Waals surface area contributed by atoms with Crippen LogP contribution in [0.25, 0.3) is 0 Å². The highest BCUT2D eigenvalue weighted by Crippen LogP contribution is 2.35. The predicted molar refractivity (Wildman–Crippen MR) is 140 cm³/mol. The maximum Gasteiger partial charge on any atom is 0.352 e. The van der Waals surface area contributed by atoms with Crippen molar-refractivity contribution in [2.75, 3.05) is 0 Å². The summed E-state index contributed by atoms with van der Waals surface area (Å²) in [5.41, 5.74) is -0.476. The molecule has 10 heteroatoms. The highest BCUT2D eigenvalue weighted by Gasteiger charge is 2.49. The first-order valence-electron chi connectivity index (χ1n) is 10.7. The number of carboxylic acid groups (broad SMARTS) is 2. The van der Waals surface area contributed by atoms with Gasteiger partial charge in [-0.3, -0.25) is 28.9 Å². The molecule has 4 amide bonds. The van der Waals surface area contributed by atoms with E-state index in [1.807, 2.05) is 0 Å². The number of carboxylic acids is 2. The normalized spacial score (nSPS) is 29.0. The van der Waals surface area contributed by atoms with Crippen LogP contribution >= 0.6 is 0 Å². The topological polar surface area (TPSA) is 149 Å². The Hall–Kier alpha value is -3.04. The Morgan fingerprint density at radius 2 is 1.11 bits per heavy atom. The summed E-state index contributed by atoms with van der Waals surface area (Å²) in [4.78, 5) is 70.8. The number of amides is 4. The van der Waals surface area contributed by atoms with Gasteiger partial charge in [-0.2, -0.15) is 0 Å². The molecule has 6 atom stereocenters. The minimum Gasteiger partial charge on any atom is -0.481 e. The number of carbonyl (C=O) groups is 6. The van der Waals surface area contributed by atoms with Crippen LogP contribution in [-0.2, 0) is 28.8 Å². The van der Waals surface area contributed by atoms with Crippen molar-refractivity contribution < 1.29 is 40.4 Å². The number of hydrogen-bond donors (Lipinski definition) is 2. The molecule has 0 spiro atoms. The monoisotopic (exact) mass is 516 g/mol. The van der Waals surface area contributed by atoms with E-state index in [1.54, 1.807) is 27.7 Å². The number of hydrogen-bond acceptors (Lipinski definition) is 6. The Morgan fingerprint density at radius 3 is 1.47 bits per heavy atom. The van der Waals surface area contributed by atoms with Gasteiger partial charge in [-0.05, 0) is 12.8 Å². The van der Waals surface area contributed by atoms with Gasteiger partial charge in [0.1, 0.15) is 5.70 Å². The lowest BCUT2D eigenvalue weighted by Crippen LogP contribution is -2.48. The van der Waals surface area contributed by atoms with Crippen LogP contribution in [0.2, 0.25) is 0 Å². The maximum absolute atomic E-state index is 12.1. The van der Waals surface area contributed by atoms with E-state index < -0.39 is 53.2 Å². The van der Waals surface area contributed by atoms with Crippen molar-refractivity contribution in [1.82, 2.24) is 9.80 Å². The second kappa shape index (κ2) is 14.5. The second-order valence-corrected chi connectivity index (χ2v) is 8.76. The van der Waals surface area contributed by atoms with Gasteiger partial charge in [0.2, 0.25) is 23.6 Å². The molecule has 210 valence electrons. The van der Waals surface area contributed by atoms with Crippen LogP contribution in [0.4, 0.5) is 0 Å². The number of carbonyl (C=O) groups excluding carboxylic acids is 4. The smallest absolute Gasteiger partial charge is 0.352 e. The van der Waals surface area contributed by atoms with E-state index in [0.717, 1.165) is 12.8 Å². The van der Waals surface area contributed by atoms with Crippen molar-refractivity contribution in [3.05, 3.63) is 12.3 Å². The van der Waals surface area contributed by atoms with Crippen LogP contribution in [0.15, 0.2) is 12.3 Å². The summed E-state index contributed by atoms with van der Waals surface area (Å²) >= 11 is 0. The van der Waals surface area contributed by atoms with Crippen molar-refractivity contribution >= 4 is 35.6 Å². The summed E-state index contributed by atoms with van der Waals surface area (Å²) < 4.78 is 0. The minimum absolute atomic E-state index is 0. The summed E-state index contributed by atoms with van der Waals surface area (Å²) in [7, 11) is 0. The predicted octanol–water partition coefficient (Wildman–Crippen LogP) is 4.29. The molecular formula is C26H48N2O8. The number of rotatable bonds is 4. The molecule has 0 aromatic carbocycles. The van der Waals surface area contributed by atoms with E-state index in [4.69, 9.17) is 5.11 Å². The standard InChI is InChI=1S/C13H19NO4.C9H11NO4.4CH4.H2/c1-7-8(2)12(16)14(11(7)15)10-6-4-3-5-9(10)13(17)18;1-4-5(2)8(12)10(7(4)11)6(3)9(13)14;;;;;/h7-10H,3-6H2,1-2H3,(H,17,18);4-5H,3H2,1-2H3,(H,13,14);4*1H4;1H. The summed E-state index contributed by atoms with van der Waals surface area (Å²) in [5.74, 6) is -5.83. The number of likely N-dealkylation sites (tertiary alicyclic amines) is 2. The molecule has 2 saturated heterocycles. The third-order valence-corrected chi connectivity index (χ3v) is 6.87. The molecule has 0 radical (unpaired) electrons. The first-order chi connectivity index (χ1) is 14.8. The van der Waals surface area contributed by atoms with Crippen molar-refractivity contribution in [3.8, 4) is 0 Å². The third kappa shape index (κ3) is 6.79. The van der Waals surface area contributed by atoms with Gasteiger partial charge in [0.25, 0.3) is 0 Å². The maximum atomic E-state index is 12.1. The van der Waals surface area contributed by atoms with Crippen LogP contribution in [0.1, 0.15) is 84.5 Å². The SMILES string of the molecule is C.C.C.C.C=C(C(=O)O)N1C(=O)C(C)C(C)C1=O.CC1C(=O)N(C2CCCCC2C(=O)O)C(=O)C1C.[HH]. The van der Waals surface area contributed by atoms with Crippen molar-refractivity contribution in [3.63, 3.8) is 0 Å². The van der Waals surface area contributed by atoms with Crippen molar-refractivity contribution in [2.45, 2.75) is 89.1 Å². The molecule has 3 rings (SSSR count). The average molecular weight is 517 g/mol. The van der Waals surface area contributed by atoms with E-state index >= 15 is 0 Å². The fourth-order valence-electron chi connectivity index (χ4n) is 4.32. The van der Waals surface area contributed by atoms with Gasteiger partial charge >= 0.3 is 11.9 Å². The zero-order valence-corrected chi connectivity index (χ0v) is 18.7. The van der Waals surface area contributed by atoms with Crippen molar-refractivity contribution in [2.24, 2.45) is 29.6 Å². The highest BCUT2D eigenvalue weighted by molar-refractivity contribution is 6.10. The molecule has 2 N–H and O–H groups in total. The molecule has 3 fully saturated rings. The van der Waals surface area contributed by atoms with Crippen LogP contribution in [0.5, 0.6) is 0 Å². The first-order valence-corrected chi connectivity index (χ1v) is 10.7. The van der Waals surface area contributed by atoms with Gasteiger partial charge < -0.3 is 10.2 Å². The molecular weight excluding hydrogens is 468 g/mol. The average Bonchev–Trinajstić information content (AvgIpc) is 3.06. The van der Waals surface area contributed by atoms with E-state index in [9.17, 15) is 33.9 Å². The third-order valence-electron chi connectivity index (χ3n) is 6.87. The van der Waals surface area contributed by atoms with Crippen molar-refractivity contribution in [1.29, 1.82) is 0 Å². The summed E-state index contributed by atoms with van der Waals surface area (Å²) in [6.45, 7) is 9.86. The molecule has 2 heterocycles. The molecule has 2 aliphatic heterocycles. The lowest BCUT2D eigenvalue weighted by molar-refractivity contribution is -0.152. The van der Waals surface area contributed by atoms with Gasteiger partial charge in [0.15, 0.2) is 0 Å². The second-order valence-electron chi connectivity index (χ2n) is 8.76. The Balaban J connectivity index is -0.000000265. The largest absolute Gasteiger partial charge is 0.481 e. The molecule has 10 nitrogen and oxygen atoms in total. The minimum atomic E-state index is -1.35. The van der Waals surface area contributed by atoms with E-state index in [-0.39, 0.29) is 54.8 Å². The Morgan fingerprint density at radius 1 is 0.750 bits per heavy atom. The first kappa shape index (κ1) is 37.5. The summed E-state index contributed by atoms with van der Waals surface area (Å²) in [6, 6.07) is -0.441. The van der Waals surface area contributed by atoms with Gasteiger partial charge in [-0.1, -0.05) is 76.8 Å². The van der Waals surface area contributed by atoms with Gasteiger partial charge in [0, 0.05) is 25.1 Å². The quantitative estimate of drug-likeness (QED) is 0.415. The van der Waals surface area contributed by atoms with Gasteiger partial charge in [-0.15, -0.1) is 0 Å². The fraction of sp³-hybridized carbons (Fsp3) is 0.692. The van der Waals surface area contributed by atoms with E-state index in [0.29, 0.717) is 17.7 Å². The zero-order chi connectivity index (χ0) is 24.5. The molecule has 0 aromatic rings. The molecule has 36 heavy (non-hydrogen) atoms. The molecule has 0 bridgehead atoms. The fourth-order valence-corrected chi connectivity index (χ4v) is 4.32. The molecule has 6 unspecified atom stereocenters. The molecule has 3 aliphatic rings. The highest BCUT2D eigenvalue weighted by atomic mass is 16.4. The van der Waals surface area contributed by atoms with Crippen LogP contribution in [0, 0.1) is 29.6 Å². The van der Waals surface area contributed by atoms with Gasteiger partial charge in [0.05, 0.1) is 12.0 Å². The van der Waals surface area contributed by atoms with Crippen LogP contribution in [-0.4, -0.2) is 61.6 Å². The van der Waals surface area contributed by atoms with Gasteiger partial charge in [-0.25, -0.2) is 9.69 Å². The Kier molecular flexibility index (Phi) is 15.1. The molecule has 1 aliphatic carbocycles.